The molecular weight excluding hydrogens is 440 g/mol. The molecule has 0 aliphatic heterocycles. The van der Waals surface area contributed by atoms with Crippen molar-refractivity contribution >= 4 is 17.3 Å². The van der Waals surface area contributed by atoms with Crippen LogP contribution in [0.5, 0.6) is 11.5 Å². The SMILES string of the molecule is CCN(CC)c1ccc(N/C=C(/C#N)C(=O)NC(C)c2ccc(OC)c(OC)c2)c(C)c1.[Cl-]. The highest BCUT2D eigenvalue weighted by Crippen LogP contribution is 2.30. The zero-order valence-electron chi connectivity index (χ0n) is 20.0. The molecule has 33 heavy (non-hydrogen) atoms. The minimum absolute atomic E-state index is 0. The van der Waals surface area contributed by atoms with E-state index >= 15 is 0 Å². The third-order valence-electron chi connectivity index (χ3n) is 5.33. The second-order valence-electron chi connectivity index (χ2n) is 7.30. The predicted molar refractivity (Wildman–Crippen MR) is 128 cm³/mol. The van der Waals surface area contributed by atoms with E-state index in [1.165, 1.54) is 6.20 Å². The maximum absolute atomic E-state index is 12.7. The number of hydrogen-bond donors (Lipinski definition) is 2. The molecule has 0 aromatic heterocycles. The minimum atomic E-state index is -0.459. The smallest absolute Gasteiger partial charge is 0.263 e. The van der Waals surface area contributed by atoms with Gasteiger partial charge < -0.3 is 37.4 Å². The molecule has 0 spiro atoms. The number of ether oxygens (including phenoxy) is 2. The highest BCUT2D eigenvalue weighted by molar-refractivity contribution is 5.97. The molecule has 0 radical (unpaired) electrons. The number of halogens is 1. The summed E-state index contributed by atoms with van der Waals surface area (Å²) in [5.41, 5.74) is 3.84. The van der Waals surface area contributed by atoms with Crippen molar-refractivity contribution < 1.29 is 26.7 Å². The average molecular weight is 472 g/mol. The first-order chi connectivity index (χ1) is 15.4. The predicted octanol–water partition coefficient (Wildman–Crippen LogP) is 1.56. The number of amides is 1. The summed E-state index contributed by atoms with van der Waals surface area (Å²) in [6, 6.07) is 13.2. The average Bonchev–Trinajstić information content (AvgIpc) is 2.80. The van der Waals surface area contributed by atoms with Crippen LogP contribution in [0, 0.1) is 18.3 Å². The number of carbonyl (C=O) groups is 1. The lowest BCUT2D eigenvalue weighted by Gasteiger charge is -2.22. The number of anilines is 2. The van der Waals surface area contributed by atoms with Gasteiger partial charge in [-0.05, 0) is 69.2 Å². The van der Waals surface area contributed by atoms with Gasteiger partial charge in [0.1, 0.15) is 11.6 Å². The van der Waals surface area contributed by atoms with Crippen LogP contribution in [0.2, 0.25) is 0 Å². The minimum Gasteiger partial charge on any atom is -1.00 e. The van der Waals surface area contributed by atoms with E-state index in [0.29, 0.717) is 11.5 Å². The number of carbonyl (C=O) groups excluding carboxylic acids is 1. The molecule has 0 bridgehead atoms. The zero-order chi connectivity index (χ0) is 23.7. The number of hydrogen-bond acceptors (Lipinski definition) is 6. The van der Waals surface area contributed by atoms with E-state index in [-0.39, 0.29) is 24.0 Å². The summed E-state index contributed by atoms with van der Waals surface area (Å²) in [7, 11) is 3.13. The zero-order valence-corrected chi connectivity index (χ0v) is 20.8. The number of benzene rings is 2. The van der Waals surface area contributed by atoms with Crippen molar-refractivity contribution in [1.29, 1.82) is 5.26 Å². The van der Waals surface area contributed by atoms with Crippen LogP contribution in [0.15, 0.2) is 48.2 Å². The normalized spacial score (nSPS) is 11.5. The number of aryl methyl sites for hydroxylation is 1. The second kappa shape index (κ2) is 13.2. The lowest BCUT2D eigenvalue weighted by Crippen LogP contribution is -3.00. The van der Waals surface area contributed by atoms with Gasteiger partial charge in [-0.1, -0.05) is 6.07 Å². The second-order valence-corrected chi connectivity index (χ2v) is 7.30. The number of rotatable bonds is 10. The Morgan fingerprint density at radius 1 is 1.12 bits per heavy atom. The first-order valence-corrected chi connectivity index (χ1v) is 10.6. The van der Waals surface area contributed by atoms with Crippen molar-refractivity contribution in [1.82, 2.24) is 5.32 Å². The molecule has 0 aliphatic rings. The highest BCUT2D eigenvalue weighted by Gasteiger charge is 2.16. The van der Waals surface area contributed by atoms with Crippen LogP contribution in [-0.2, 0) is 4.79 Å². The monoisotopic (exact) mass is 471 g/mol. The van der Waals surface area contributed by atoms with Gasteiger partial charge in [0, 0.05) is 30.7 Å². The fourth-order valence-corrected chi connectivity index (χ4v) is 3.37. The molecule has 2 aromatic rings. The van der Waals surface area contributed by atoms with Crippen molar-refractivity contribution in [2.75, 3.05) is 37.5 Å². The molecule has 0 aliphatic carbocycles. The van der Waals surface area contributed by atoms with Gasteiger partial charge in [0.15, 0.2) is 11.5 Å². The van der Waals surface area contributed by atoms with Crippen molar-refractivity contribution in [3.63, 3.8) is 0 Å². The summed E-state index contributed by atoms with van der Waals surface area (Å²) in [6.07, 6.45) is 1.44. The molecule has 1 unspecified atom stereocenters. The van der Waals surface area contributed by atoms with Gasteiger partial charge in [0.05, 0.1) is 20.3 Å². The summed E-state index contributed by atoms with van der Waals surface area (Å²) < 4.78 is 10.6. The van der Waals surface area contributed by atoms with Crippen LogP contribution in [0.4, 0.5) is 11.4 Å². The molecule has 2 aromatic carbocycles. The van der Waals surface area contributed by atoms with E-state index < -0.39 is 5.91 Å². The summed E-state index contributed by atoms with van der Waals surface area (Å²) in [5.74, 6) is 0.728. The van der Waals surface area contributed by atoms with Crippen LogP contribution in [-0.4, -0.2) is 33.2 Å². The summed E-state index contributed by atoms with van der Waals surface area (Å²) >= 11 is 0. The molecule has 178 valence electrons. The summed E-state index contributed by atoms with van der Waals surface area (Å²) in [6.45, 7) is 9.94. The largest absolute Gasteiger partial charge is 1.00 e. The van der Waals surface area contributed by atoms with E-state index in [0.717, 1.165) is 35.6 Å². The molecule has 2 N–H and O–H groups in total. The summed E-state index contributed by atoms with van der Waals surface area (Å²) in [4.78, 5) is 14.9. The van der Waals surface area contributed by atoms with Crippen molar-refractivity contribution in [3.05, 3.63) is 59.3 Å². The van der Waals surface area contributed by atoms with E-state index in [9.17, 15) is 10.1 Å². The van der Waals surface area contributed by atoms with Gasteiger partial charge in [0.2, 0.25) is 0 Å². The Bertz CT molecular complexity index is 1010. The standard InChI is InChI=1S/C25H32N4O3.ClH/c1-7-29(8-2)21-10-11-22(17(3)13-21)27-16-20(15-26)25(30)28-18(4)19-9-12-23(31-5)24(14-19)32-6;/h9-14,16,18,27H,7-8H2,1-6H3,(H,28,30);1H/p-1/b20-16-;. The first-order valence-electron chi connectivity index (χ1n) is 10.6. The molecule has 1 atom stereocenters. The van der Waals surface area contributed by atoms with Gasteiger partial charge in [-0.2, -0.15) is 5.26 Å². The lowest BCUT2D eigenvalue weighted by molar-refractivity contribution is -0.117. The fraction of sp³-hybridized carbons (Fsp3) is 0.360. The molecular formula is C25H32ClN4O3-. The molecule has 0 fully saturated rings. The molecule has 7 nitrogen and oxygen atoms in total. The van der Waals surface area contributed by atoms with Crippen LogP contribution in [0.1, 0.15) is 37.9 Å². The van der Waals surface area contributed by atoms with E-state index in [1.54, 1.807) is 26.4 Å². The third kappa shape index (κ3) is 7.06. The van der Waals surface area contributed by atoms with Crippen molar-refractivity contribution in [2.45, 2.75) is 33.7 Å². The Morgan fingerprint density at radius 3 is 2.33 bits per heavy atom. The maximum Gasteiger partial charge on any atom is 0.263 e. The number of nitrogens with zero attached hydrogens (tertiary/aromatic N) is 2. The van der Waals surface area contributed by atoms with Crippen molar-refractivity contribution in [2.24, 2.45) is 0 Å². The maximum atomic E-state index is 12.7. The molecule has 0 saturated heterocycles. The lowest BCUT2D eigenvalue weighted by atomic mass is 10.1. The molecule has 1 amide bonds. The number of methoxy groups -OCH3 is 2. The number of nitrogens with one attached hydrogen (secondary N) is 2. The molecule has 8 heteroatoms. The van der Waals surface area contributed by atoms with Crippen LogP contribution in [0.25, 0.3) is 0 Å². The Labute approximate surface area is 202 Å². The Morgan fingerprint density at radius 2 is 1.79 bits per heavy atom. The Kier molecular flexibility index (Phi) is 11.1. The topological polar surface area (TPSA) is 86.6 Å². The van der Waals surface area contributed by atoms with Crippen LogP contribution < -0.4 is 37.4 Å². The van der Waals surface area contributed by atoms with E-state index in [1.807, 2.05) is 38.1 Å². The van der Waals surface area contributed by atoms with E-state index in [4.69, 9.17) is 9.47 Å². The molecule has 2 rings (SSSR count). The third-order valence-corrected chi connectivity index (χ3v) is 5.33. The van der Waals surface area contributed by atoms with Gasteiger partial charge in [0.25, 0.3) is 5.91 Å². The first kappa shape index (κ1) is 27.7. The Balaban J connectivity index is 0.00000544. The van der Waals surface area contributed by atoms with Gasteiger partial charge in [-0.15, -0.1) is 0 Å². The van der Waals surface area contributed by atoms with E-state index in [2.05, 4.69) is 35.4 Å². The molecule has 0 heterocycles. The van der Waals surface area contributed by atoms with Gasteiger partial charge in [-0.25, -0.2) is 0 Å². The summed E-state index contributed by atoms with van der Waals surface area (Å²) in [5, 5.41) is 15.4. The fourth-order valence-electron chi connectivity index (χ4n) is 3.37. The van der Waals surface area contributed by atoms with Crippen LogP contribution in [0.3, 0.4) is 0 Å². The number of nitriles is 1. The van der Waals surface area contributed by atoms with Gasteiger partial charge >= 0.3 is 0 Å². The quantitative estimate of drug-likeness (QED) is 0.404. The van der Waals surface area contributed by atoms with Crippen molar-refractivity contribution in [3.8, 4) is 17.6 Å². The van der Waals surface area contributed by atoms with Gasteiger partial charge in [-0.3, -0.25) is 4.79 Å². The molecule has 0 saturated carbocycles. The Hall–Kier alpha value is -3.37. The van der Waals surface area contributed by atoms with Crippen LogP contribution >= 0.6 is 0 Å². The highest BCUT2D eigenvalue weighted by atomic mass is 35.5.